The van der Waals surface area contributed by atoms with Crippen LogP contribution in [0.25, 0.3) is 0 Å². The number of benzene rings is 2. The second-order valence-corrected chi connectivity index (χ2v) is 4.00. The maximum atomic E-state index is 13.5. The molecule has 0 aliphatic rings. The van der Waals surface area contributed by atoms with Crippen molar-refractivity contribution in [1.82, 2.24) is 0 Å². The minimum Gasteiger partial charge on any atom is -0.454 e. The maximum absolute atomic E-state index is 13.5. The Morgan fingerprint density at radius 3 is 2.44 bits per heavy atom. The average molecular weight is 249 g/mol. The largest absolute Gasteiger partial charge is 0.454 e. The van der Waals surface area contributed by atoms with Gasteiger partial charge in [0.25, 0.3) is 0 Å². The Labute approximate surface area is 104 Å². The van der Waals surface area contributed by atoms with Crippen molar-refractivity contribution in [2.24, 2.45) is 5.73 Å². The highest BCUT2D eigenvalue weighted by Gasteiger charge is 2.12. The summed E-state index contributed by atoms with van der Waals surface area (Å²) in [5, 5.41) is 0. The summed E-state index contributed by atoms with van der Waals surface area (Å²) in [5.41, 5.74) is 6.23. The summed E-state index contributed by atoms with van der Waals surface area (Å²) in [6.07, 6.45) is 0. The summed E-state index contributed by atoms with van der Waals surface area (Å²) >= 11 is 0. The Kier molecular flexibility index (Phi) is 3.58. The summed E-state index contributed by atoms with van der Waals surface area (Å²) < 4.78 is 32.0. The minimum atomic E-state index is -0.475. The first-order valence-corrected chi connectivity index (χ1v) is 5.55. The molecule has 18 heavy (non-hydrogen) atoms. The molecule has 94 valence electrons. The average Bonchev–Trinajstić information content (AvgIpc) is 2.34. The van der Waals surface area contributed by atoms with Crippen LogP contribution in [0.4, 0.5) is 8.78 Å². The SMILES string of the molecule is CC(N)c1cc(F)ccc1Oc1ccccc1F. The fourth-order valence-electron chi connectivity index (χ4n) is 1.61. The fraction of sp³-hybridized carbons (Fsp3) is 0.143. The Balaban J connectivity index is 2.37. The van der Waals surface area contributed by atoms with E-state index in [4.69, 9.17) is 10.5 Å². The van der Waals surface area contributed by atoms with Crippen molar-refractivity contribution >= 4 is 0 Å². The highest BCUT2D eigenvalue weighted by Crippen LogP contribution is 2.30. The normalized spacial score (nSPS) is 12.2. The molecule has 1 atom stereocenters. The number of hydrogen-bond donors (Lipinski definition) is 1. The van der Waals surface area contributed by atoms with E-state index in [-0.39, 0.29) is 5.75 Å². The van der Waals surface area contributed by atoms with Gasteiger partial charge in [0, 0.05) is 11.6 Å². The van der Waals surface area contributed by atoms with Crippen LogP contribution in [-0.4, -0.2) is 0 Å². The van der Waals surface area contributed by atoms with Gasteiger partial charge in [0.1, 0.15) is 11.6 Å². The standard InChI is InChI=1S/C14H13F2NO/c1-9(17)11-8-10(15)6-7-13(11)18-14-5-3-2-4-12(14)16/h2-9H,17H2,1H3. The Morgan fingerprint density at radius 2 is 1.78 bits per heavy atom. The highest BCUT2D eigenvalue weighted by atomic mass is 19.1. The zero-order valence-electron chi connectivity index (χ0n) is 9.86. The highest BCUT2D eigenvalue weighted by molar-refractivity contribution is 5.40. The third kappa shape index (κ3) is 2.65. The molecule has 0 saturated heterocycles. The molecule has 0 amide bonds. The first-order valence-electron chi connectivity index (χ1n) is 5.55. The zero-order chi connectivity index (χ0) is 13.1. The van der Waals surface area contributed by atoms with Crippen LogP contribution in [0.2, 0.25) is 0 Å². The van der Waals surface area contributed by atoms with Crippen molar-refractivity contribution in [3.63, 3.8) is 0 Å². The van der Waals surface area contributed by atoms with E-state index in [0.717, 1.165) is 0 Å². The first kappa shape index (κ1) is 12.5. The van der Waals surface area contributed by atoms with Gasteiger partial charge >= 0.3 is 0 Å². The Bertz CT molecular complexity index is 555. The molecule has 0 heterocycles. The van der Waals surface area contributed by atoms with Gasteiger partial charge in [0.05, 0.1) is 0 Å². The number of halogens is 2. The van der Waals surface area contributed by atoms with E-state index < -0.39 is 17.7 Å². The van der Waals surface area contributed by atoms with E-state index in [2.05, 4.69) is 0 Å². The Morgan fingerprint density at radius 1 is 1.06 bits per heavy atom. The Hall–Kier alpha value is -1.94. The molecule has 0 bridgehead atoms. The van der Waals surface area contributed by atoms with Crippen LogP contribution in [0.1, 0.15) is 18.5 Å². The first-order chi connectivity index (χ1) is 8.58. The molecular formula is C14H13F2NO. The summed E-state index contributed by atoms with van der Waals surface area (Å²) in [5.74, 6) is -0.428. The molecule has 2 nitrogen and oxygen atoms in total. The van der Waals surface area contributed by atoms with Crippen molar-refractivity contribution in [2.75, 3.05) is 0 Å². The molecule has 0 aromatic heterocycles. The molecule has 0 saturated carbocycles. The quantitative estimate of drug-likeness (QED) is 0.898. The monoisotopic (exact) mass is 249 g/mol. The molecule has 2 aromatic carbocycles. The van der Waals surface area contributed by atoms with Gasteiger partial charge in [0.2, 0.25) is 0 Å². The van der Waals surface area contributed by atoms with Gasteiger partial charge in [-0.05, 0) is 37.3 Å². The van der Waals surface area contributed by atoms with Crippen molar-refractivity contribution in [3.8, 4) is 11.5 Å². The third-order valence-electron chi connectivity index (χ3n) is 2.52. The number of nitrogens with two attached hydrogens (primary N) is 1. The smallest absolute Gasteiger partial charge is 0.165 e. The van der Waals surface area contributed by atoms with Crippen molar-refractivity contribution in [3.05, 3.63) is 59.7 Å². The zero-order valence-corrected chi connectivity index (χ0v) is 9.86. The predicted molar refractivity (Wildman–Crippen MR) is 65.5 cm³/mol. The van der Waals surface area contributed by atoms with E-state index in [1.807, 2.05) is 0 Å². The number of rotatable bonds is 3. The topological polar surface area (TPSA) is 35.2 Å². The van der Waals surface area contributed by atoms with Gasteiger partial charge in [-0.25, -0.2) is 8.78 Å². The lowest BCUT2D eigenvalue weighted by Crippen LogP contribution is -2.07. The summed E-state index contributed by atoms with van der Waals surface area (Å²) in [7, 11) is 0. The van der Waals surface area contributed by atoms with Gasteiger partial charge in [-0.3, -0.25) is 0 Å². The van der Waals surface area contributed by atoms with Gasteiger partial charge < -0.3 is 10.5 Å². The number of para-hydroxylation sites is 1. The fourth-order valence-corrected chi connectivity index (χ4v) is 1.61. The van der Waals surface area contributed by atoms with Gasteiger partial charge in [-0.15, -0.1) is 0 Å². The molecular weight excluding hydrogens is 236 g/mol. The molecule has 0 aliphatic heterocycles. The summed E-state index contributed by atoms with van der Waals surface area (Å²) in [4.78, 5) is 0. The summed E-state index contributed by atoms with van der Waals surface area (Å²) in [6.45, 7) is 1.71. The second kappa shape index (κ2) is 5.14. The molecule has 0 spiro atoms. The molecule has 2 N–H and O–H groups in total. The van der Waals surface area contributed by atoms with Crippen LogP contribution < -0.4 is 10.5 Å². The van der Waals surface area contributed by atoms with Gasteiger partial charge in [-0.1, -0.05) is 12.1 Å². The van der Waals surface area contributed by atoms with Crippen LogP contribution >= 0.6 is 0 Å². The lowest BCUT2D eigenvalue weighted by atomic mass is 10.1. The van der Waals surface area contributed by atoms with E-state index in [0.29, 0.717) is 11.3 Å². The van der Waals surface area contributed by atoms with Gasteiger partial charge in [-0.2, -0.15) is 0 Å². The summed E-state index contributed by atoms with van der Waals surface area (Å²) in [6, 6.07) is 9.62. The lowest BCUT2D eigenvalue weighted by Gasteiger charge is -2.14. The van der Waals surface area contributed by atoms with E-state index >= 15 is 0 Å². The van der Waals surface area contributed by atoms with Crippen molar-refractivity contribution in [2.45, 2.75) is 13.0 Å². The third-order valence-corrected chi connectivity index (χ3v) is 2.52. The molecule has 2 aromatic rings. The van der Waals surface area contributed by atoms with Crippen molar-refractivity contribution in [1.29, 1.82) is 0 Å². The number of ether oxygens (including phenoxy) is 1. The van der Waals surface area contributed by atoms with E-state index in [9.17, 15) is 8.78 Å². The molecule has 1 unspecified atom stereocenters. The molecule has 2 rings (SSSR count). The van der Waals surface area contributed by atoms with Crippen LogP contribution in [0.3, 0.4) is 0 Å². The molecule has 0 radical (unpaired) electrons. The predicted octanol–water partition coefficient (Wildman–Crippen LogP) is 3.78. The molecule has 0 aliphatic carbocycles. The van der Waals surface area contributed by atoms with E-state index in [1.165, 1.54) is 30.3 Å². The van der Waals surface area contributed by atoms with Crippen LogP contribution in [0, 0.1) is 11.6 Å². The van der Waals surface area contributed by atoms with Crippen LogP contribution in [0.15, 0.2) is 42.5 Å². The number of hydrogen-bond acceptors (Lipinski definition) is 2. The second-order valence-electron chi connectivity index (χ2n) is 4.00. The van der Waals surface area contributed by atoms with Crippen LogP contribution in [0.5, 0.6) is 11.5 Å². The van der Waals surface area contributed by atoms with Crippen molar-refractivity contribution < 1.29 is 13.5 Å². The van der Waals surface area contributed by atoms with Crippen LogP contribution in [-0.2, 0) is 0 Å². The molecule has 4 heteroatoms. The lowest BCUT2D eigenvalue weighted by molar-refractivity contribution is 0.433. The van der Waals surface area contributed by atoms with Gasteiger partial charge in [0.15, 0.2) is 11.6 Å². The molecule has 0 fully saturated rings. The van der Waals surface area contributed by atoms with E-state index in [1.54, 1.807) is 19.1 Å². The minimum absolute atomic E-state index is 0.0889. The maximum Gasteiger partial charge on any atom is 0.165 e.